The van der Waals surface area contributed by atoms with Gasteiger partial charge in [0.1, 0.15) is 0 Å². The van der Waals surface area contributed by atoms with Crippen molar-refractivity contribution in [2.45, 2.75) is 24.5 Å². The summed E-state index contributed by atoms with van der Waals surface area (Å²) in [4.78, 5) is 26.6. The second-order valence-corrected chi connectivity index (χ2v) is 8.95. The maximum absolute atomic E-state index is 12.6. The minimum Gasteiger partial charge on any atom is -0.466 e. The van der Waals surface area contributed by atoms with Gasteiger partial charge in [-0.15, -0.1) is 11.3 Å². The molecule has 0 aliphatic rings. The van der Waals surface area contributed by atoms with Gasteiger partial charge in [-0.2, -0.15) is 0 Å². The van der Waals surface area contributed by atoms with Crippen LogP contribution in [0.25, 0.3) is 16.5 Å². The average Bonchev–Trinajstić information content (AvgIpc) is 3.19. The van der Waals surface area contributed by atoms with Crippen LogP contribution in [0.5, 0.6) is 0 Å². The zero-order valence-electron chi connectivity index (χ0n) is 17.5. The van der Waals surface area contributed by atoms with Crippen molar-refractivity contribution in [3.63, 3.8) is 0 Å². The summed E-state index contributed by atoms with van der Waals surface area (Å²) in [5.41, 5.74) is 2.52. The predicted octanol–water partition coefficient (Wildman–Crippen LogP) is 6.68. The third-order valence-electron chi connectivity index (χ3n) is 4.23. The molecule has 3 aromatic rings. The smallest absolute Gasteiger partial charge is 0.340 e. The normalized spacial score (nSPS) is 11.2. The van der Waals surface area contributed by atoms with Gasteiger partial charge < -0.3 is 9.47 Å². The topological polar surface area (TPSA) is 52.6 Å². The molecule has 2 aromatic carbocycles. The standard InChI is InChI=1S/C25H24O4S2/c1-3-28-23(26)16-20(15-18-11-7-5-8-12-18)30-25-21(24(27)29-4-2)17-22(31-25)19-13-9-6-10-14-19/h5-15,17H,3-4,16H2,1-2H3/b20-15+. The summed E-state index contributed by atoms with van der Waals surface area (Å²) in [7, 11) is 0. The van der Waals surface area contributed by atoms with Crippen LogP contribution >= 0.6 is 23.1 Å². The minimum atomic E-state index is -0.362. The first kappa shape index (κ1) is 22.8. The fourth-order valence-corrected chi connectivity index (χ4v) is 5.39. The van der Waals surface area contributed by atoms with Crippen LogP contribution in [0.2, 0.25) is 0 Å². The Morgan fingerprint density at radius 2 is 1.58 bits per heavy atom. The first-order valence-corrected chi connectivity index (χ1v) is 11.7. The van der Waals surface area contributed by atoms with Crippen molar-refractivity contribution in [2.24, 2.45) is 0 Å². The molecule has 0 saturated heterocycles. The van der Waals surface area contributed by atoms with Gasteiger partial charge in [-0.25, -0.2) is 4.79 Å². The Morgan fingerprint density at radius 3 is 2.23 bits per heavy atom. The highest BCUT2D eigenvalue weighted by Gasteiger charge is 2.21. The average molecular weight is 453 g/mol. The molecular formula is C25H24O4S2. The van der Waals surface area contributed by atoms with E-state index in [2.05, 4.69) is 0 Å². The molecule has 0 aliphatic carbocycles. The summed E-state index contributed by atoms with van der Waals surface area (Å²) >= 11 is 2.93. The van der Waals surface area contributed by atoms with E-state index in [-0.39, 0.29) is 18.4 Å². The fraction of sp³-hybridized carbons (Fsp3) is 0.200. The Balaban J connectivity index is 1.98. The molecule has 0 atom stereocenters. The van der Waals surface area contributed by atoms with Crippen molar-refractivity contribution in [3.8, 4) is 10.4 Å². The highest BCUT2D eigenvalue weighted by atomic mass is 32.2. The Hall–Kier alpha value is -2.83. The van der Waals surface area contributed by atoms with Gasteiger partial charge in [-0.1, -0.05) is 72.4 Å². The van der Waals surface area contributed by atoms with Gasteiger partial charge in [-0.3, -0.25) is 4.79 Å². The zero-order valence-corrected chi connectivity index (χ0v) is 19.1. The number of rotatable bonds is 9. The highest BCUT2D eigenvalue weighted by Crippen LogP contribution is 2.42. The van der Waals surface area contributed by atoms with Crippen LogP contribution in [0.1, 0.15) is 36.2 Å². The Kier molecular flexibility index (Phi) is 8.50. The van der Waals surface area contributed by atoms with Gasteiger partial charge >= 0.3 is 11.9 Å². The molecule has 160 valence electrons. The molecule has 0 unspecified atom stereocenters. The van der Waals surface area contributed by atoms with E-state index in [1.165, 1.54) is 23.1 Å². The van der Waals surface area contributed by atoms with Crippen LogP contribution in [0.4, 0.5) is 0 Å². The molecule has 31 heavy (non-hydrogen) atoms. The number of benzene rings is 2. The first-order chi connectivity index (χ1) is 15.1. The Labute approximate surface area is 190 Å². The lowest BCUT2D eigenvalue weighted by atomic mass is 10.2. The lowest BCUT2D eigenvalue weighted by Gasteiger charge is -2.08. The van der Waals surface area contributed by atoms with Crippen LogP contribution in [-0.2, 0) is 14.3 Å². The number of thioether (sulfide) groups is 1. The monoisotopic (exact) mass is 452 g/mol. The largest absolute Gasteiger partial charge is 0.466 e. The molecule has 1 heterocycles. The maximum atomic E-state index is 12.6. The summed E-state index contributed by atoms with van der Waals surface area (Å²) in [6.45, 7) is 4.20. The molecule has 0 N–H and O–H groups in total. The van der Waals surface area contributed by atoms with Crippen molar-refractivity contribution in [1.29, 1.82) is 0 Å². The molecule has 4 nitrogen and oxygen atoms in total. The number of thiophene rings is 1. The molecule has 0 fully saturated rings. The van der Waals surface area contributed by atoms with Crippen LogP contribution in [-0.4, -0.2) is 25.2 Å². The van der Waals surface area contributed by atoms with E-state index < -0.39 is 0 Å². The summed E-state index contributed by atoms with van der Waals surface area (Å²) in [6.07, 6.45) is 2.09. The minimum absolute atomic E-state index is 0.133. The number of carbonyl (C=O) groups is 2. The predicted molar refractivity (Wildman–Crippen MR) is 127 cm³/mol. The van der Waals surface area contributed by atoms with Gasteiger partial charge in [0.15, 0.2) is 0 Å². The lowest BCUT2D eigenvalue weighted by Crippen LogP contribution is -2.05. The van der Waals surface area contributed by atoms with E-state index in [4.69, 9.17) is 9.47 Å². The van der Waals surface area contributed by atoms with Crippen LogP contribution in [0.3, 0.4) is 0 Å². The van der Waals surface area contributed by atoms with Gasteiger partial charge in [0.2, 0.25) is 0 Å². The maximum Gasteiger partial charge on any atom is 0.340 e. The summed E-state index contributed by atoms with van der Waals surface area (Å²) in [5.74, 6) is -0.659. The second kappa shape index (κ2) is 11.5. The molecule has 0 spiro atoms. The van der Waals surface area contributed by atoms with Crippen molar-refractivity contribution in [3.05, 3.63) is 82.8 Å². The molecule has 0 aliphatic heterocycles. The lowest BCUT2D eigenvalue weighted by molar-refractivity contribution is -0.142. The van der Waals surface area contributed by atoms with E-state index in [1.54, 1.807) is 13.8 Å². The quantitative estimate of drug-likeness (QED) is 0.268. The Bertz CT molecular complexity index is 1040. The second-order valence-electron chi connectivity index (χ2n) is 6.50. The third-order valence-corrected chi connectivity index (χ3v) is 6.64. The van der Waals surface area contributed by atoms with Gasteiger partial charge in [0, 0.05) is 9.78 Å². The van der Waals surface area contributed by atoms with Crippen LogP contribution in [0, 0.1) is 0 Å². The van der Waals surface area contributed by atoms with Crippen molar-refractivity contribution < 1.29 is 19.1 Å². The molecule has 0 bridgehead atoms. The van der Waals surface area contributed by atoms with Crippen molar-refractivity contribution >= 4 is 41.1 Å². The molecule has 6 heteroatoms. The van der Waals surface area contributed by atoms with Crippen LogP contribution < -0.4 is 0 Å². The molecule has 1 aromatic heterocycles. The molecule has 0 amide bonds. The number of hydrogen-bond donors (Lipinski definition) is 0. The summed E-state index contributed by atoms with van der Waals surface area (Å²) < 4.78 is 11.2. The number of esters is 2. The van der Waals surface area contributed by atoms with Crippen LogP contribution in [0.15, 0.2) is 75.8 Å². The molecule has 0 saturated carbocycles. The molecule has 3 rings (SSSR count). The van der Waals surface area contributed by atoms with E-state index in [0.29, 0.717) is 18.8 Å². The van der Waals surface area contributed by atoms with E-state index in [9.17, 15) is 9.59 Å². The SMILES string of the molecule is CCOC(=O)C/C(=C\c1ccccc1)Sc1sc(-c2ccccc2)cc1C(=O)OCC. The molecule has 0 radical (unpaired) electrons. The summed E-state index contributed by atoms with van der Waals surface area (Å²) in [5, 5.41) is 0. The number of carbonyl (C=O) groups excluding carboxylic acids is 2. The van der Waals surface area contributed by atoms with Gasteiger partial charge in [0.05, 0.1) is 29.4 Å². The Morgan fingerprint density at radius 1 is 0.935 bits per heavy atom. The van der Waals surface area contributed by atoms with E-state index in [1.807, 2.05) is 72.8 Å². The summed E-state index contributed by atoms with van der Waals surface area (Å²) in [6, 6.07) is 21.6. The first-order valence-electron chi connectivity index (χ1n) is 10.1. The van der Waals surface area contributed by atoms with Gasteiger partial charge in [0.25, 0.3) is 0 Å². The number of ether oxygens (including phenoxy) is 2. The number of hydrogen-bond acceptors (Lipinski definition) is 6. The van der Waals surface area contributed by atoms with Gasteiger partial charge in [-0.05, 0) is 37.1 Å². The highest BCUT2D eigenvalue weighted by molar-refractivity contribution is 8.05. The zero-order chi connectivity index (χ0) is 22.1. The van der Waals surface area contributed by atoms with Crippen molar-refractivity contribution in [2.75, 3.05) is 13.2 Å². The third kappa shape index (κ3) is 6.57. The van der Waals surface area contributed by atoms with E-state index >= 15 is 0 Å². The van der Waals surface area contributed by atoms with E-state index in [0.717, 1.165) is 25.1 Å². The fourth-order valence-electron chi connectivity index (χ4n) is 2.87. The van der Waals surface area contributed by atoms with Crippen molar-refractivity contribution in [1.82, 2.24) is 0 Å². The molecular weight excluding hydrogens is 428 g/mol.